The Morgan fingerprint density at radius 2 is 2.12 bits per heavy atom. The van der Waals surface area contributed by atoms with E-state index in [1.54, 1.807) is 0 Å². The van der Waals surface area contributed by atoms with Crippen LogP contribution in [0.4, 0.5) is 4.79 Å². The van der Waals surface area contributed by atoms with Crippen LogP contribution in [-0.4, -0.2) is 37.2 Å². The van der Waals surface area contributed by atoms with Gasteiger partial charge in [-0.15, -0.1) is 0 Å². The smallest absolute Gasteiger partial charge is 0.317 e. The number of ether oxygens (including phenoxy) is 1. The summed E-state index contributed by atoms with van der Waals surface area (Å²) in [4.78, 5) is 13.3. The van der Waals surface area contributed by atoms with Gasteiger partial charge in [0.25, 0.3) is 0 Å². The van der Waals surface area contributed by atoms with Crippen LogP contribution in [0.2, 0.25) is 0 Å². The fraction of sp³-hybridized carbons (Fsp3) is 0.462. The Morgan fingerprint density at radius 3 is 2.88 bits per heavy atom. The van der Waals surface area contributed by atoms with Crippen molar-refractivity contribution in [1.82, 2.24) is 10.2 Å². The highest BCUT2D eigenvalue weighted by Gasteiger charge is 2.16. The Labute approximate surface area is 102 Å². The first kappa shape index (κ1) is 11.8. The van der Waals surface area contributed by atoms with Crippen molar-refractivity contribution in [3.63, 3.8) is 0 Å². The lowest BCUT2D eigenvalue weighted by molar-refractivity contribution is 0.180. The van der Waals surface area contributed by atoms with E-state index >= 15 is 0 Å². The number of carbonyl (C=O) groups excluding carboxylic acids is 1. The van der Waals surface area contributed by atoms with Crippen LogP contribution in [-0.2, 0) is 0 Å². The lowest BCUT2D eigenvalue weighted by Crippen LogP contribution is -2.46. The van der Waals surface area contributed by atoms with Gasteiger partial charge in [0.05, 0.1) is 6.61 Å². The molecule has 0 aliphatic carbocycles. The third kappa shape index (κ3) is 3.66. The zero-order chi connectivity index (χ0) is 11.9. The molecule has 0 unspecified atom stereocenters. The Morgan fingerprint density at radius 1 is 1.29 bits per heavy atom. The number of benzene rings is 1. The minimum atomic E-state index is 0.0518. The zero-order valence-corrected chi connectivity index (χ0v) is 9.89. The van der Waals surface area contributed by atoms with Gasteiger partial charge in [-0.2, -0.15) is 0 Å². The topological polar surface area (TPSA) is 41.6 Å². The predicted molar refractivity (Wildman–Crippen MR) is 66.1 cm³/mol. The molecule has 2 amide bonds. The van der Waals surface area contributed by atoms with Gasteiger partial charge in [-0.25, -0.2) is 4.79 Å². The first-order valence-corrected chi connectivity index (χ1v) is 6.07. The van der Waals surface area contributed by atoms with E-state index in [0.29, 0.717) is 6.61 Å². The highest BCUT2D eigenvalue weighted by atomic mass is 16.5. The number of nitrogens with one attached hydrogen (secondary N) is 1. The van der Waals surface area contributed by atoms with E-state index in [4.69, 9.17) is 4.74 Å². The van der Waals surface area contributed by atoms with Crippen molar-refractivity contribution in [2.45, 2.75) is 12.8 Å². The molecule has 0 spiro atoms. The molecule has 1 aliphatic heterocycles. The number of nitrogens with zero attached hydrogens (tertiary/aromatic N) is 1. The molecule has 1 saturated heterocycles. The number of amides is 2. The van der Waals surface area contributed by atoms with Crippen molar-refractivity contribution in [2.24, 2.45) is 0 Å². The molecule has 0 atom stereocenters. The molecule has 17 heavy (non-hydrogen) atoms. The zero-order valence-electron chi connectivity index (χ0n) is 9.89. The summed E-state index contributed by atoms with van der Waals surface area (Å²) in [6.07, 6.45) is 1.90. The summed E-state index contributed by atoms with van der Waals surface area (Å²) in [5, 5.41) is 2.84. The highest BCUT2D eigenvalue weighted by Crippen LogP contribution is 2.08. The summed E-state index contributed by atoms with van der Waals surface area (Å²) in [6.45, 7) is 3.07. The summed E-state index contributed by atoms with van der Waals surface area (Å²) in [6, 6.07) is 9.79. The second-order valence-corrected chi connectivity index (χ2v) is 4.09. The first-order valence-electron chi connectivity index (χ1n) is 6.07. The Hall–Kier alpha value is -1.71. The van der Waals surface area contributed by atoms with Crippen molar-refractivity contribution in [3.8, 4) is 5.75 Å². The minimum Gasteiger partial charge on any atom is -0.494 e. The Bertz CT molecular complexity index is 354. The molecule has 0 aromatic heterocycles. The van der Waals surface area contributed by atoms with Crippen LogP contribution < -0.4 is 10.1 Å². The van der Waals surface area contributed by atoms with Crippen molar-refractivity contribution in [2.75, 3.05) is 26.2 Å². The van der Waals surface area contributed by atoms with E-state index in [1.165, 1.54) is 0 Å². The van der Waals surface area contributed by atoms with Crippen LogP contribution in [0.25, 0.3) is 0 Å². The number of rotatable bonds is 5. The number of carbonyl (C=O) groups is 1. The molecule has 0 saturated carbocycles. The van der Waals surface area contributed by atoms with Gasteiger partial charge < -0.3 is 15.0 Å². The average molecular weight is 234 g/mol. The van der Waals surface area contributed by atoms with Crippen LogP contribution >= 0.6 is 0 Å². The van der Waals surface area contributed by atoms with E-state index in [-0.39, 0.29) is 6.03 Å². The van der Waals surface area contributed by atoms with Crippen LogP contribution in [0.15, 0.2) is 30.3 Å². The van der Waals surface area contributed by atoms with Gasteiger partial charge in [0.1, 0.15) is 5.75 Å². The van der Waals surface area contributed by atoms with Crippen molar-refractivity contribution in [1.29, 1.82) is 0 Å². The molecule has 92 valence electrons. The van der Waals surface area contributed by atoms with Gasteiger partial charge in [0, 0.05) is 19.6 Å². The molecule has 1 aromatic carbocycles. The van der Waals surface area contributed by atoms with E-state index < -0.39 is 0 Å². The maximum atomic E-state index is 11.4. The van der Waals surface area contributed by atoms with E-state index in [0.717, 1.165) is 38.2 Å². The lowest BCUT2D eigenvalue weighted by atomic mass is 10.3. The average Bonchev–Trinajstić information content (AvgIpc) is 2.38. The Kier molecular flexibility index (Phi) is 4.24. The number of hydrogen-bond acceptors (Lipinski definition) is 2. The van der Waals surface area contributed by atoms with Gasteiger partial charge in [0.2, 0.25) is 0 Å². The predicted octanol–water partition coefficient (Wildman–Crippen LogP) is 1.87. The molecule has 1 aliphatic rings. The molecule has 0 radical (unpaired) electrons. The minimum absolute atomic E-state index is 0.0518. The molecule has 1 N–H and O–H groups in total. The number of urea groups is 1. The Balaban J connectivity index is 1.64. The molecule has 1 fully saturated rings. The van der Waals surface area contributed by atoms with Crippen molar-refractivity contribution < 1.29 is 9.53 Å². The van der Waals surface area contributed by atoms with Gasteiger partial charge in [0.15, 0.2) is 0 Å². The maximum Gasteiger partial charge on any atom is 0.317 e. The van der Waals surface area contributed by atoms with Gasteiger partial charge >= 0.3 is 6.03 Å². The van der Waals surface area contributed by atoms with Gasteiger partial charge in [-0.3, -0.25) is 0 Å². The third-order valence-corrected chi connectivity index (χ3v) is 2.75. The lowest BCUT2D eigenvalue weighted by Gasteiger charge is -2.27. The monoisotopic (exact) mass is 234 g/mol. The van der Waals surface area contributed by atoms with E-state index in [1.807, 2.05) is 35.2 Å². The maximum absolute atomic E-state index is 11.4. The molecular weight excluding hydrogens is 216 g/mol. The fourth-order valence-corrected chi connectivity index (χ4v) is 1.85. The molecule has 1 aromatic rings. The summed E-state index contributed by atoms with van der Waals surface area (Å²) in [5.74, 6) is 0.885. The van der Waals surface area contributed by atoms with E-state index in [9.17, 15) is 4.79 Å². The molecular formula is C13H18N2O2. The third-order valence-electron chi connectivity index (χ3n) is 2.75. The summed E-state index contributed by atoms with van der Waals surface area (Å²) in [5.41, 5.74) is 0. The molecule has 1 heterocycles. The SMILES string of the molecule is O=C1NCCCN1CCCOc1ccccc1. The van der Waals surface area contributed by atoms with Crippen LogP contribution in [0.1, 0.15) is 12.8 Å². The summed E-state index contributed by atoms with van der Waals surface area (Å²) in [7, 11) is 0. The number of hydrogen-bond donors (Lipinski definition) is 1. The standard InChI is InChI=1S/C13H18N2O2/c16-13-14-8-4-9-15(13)10-5-11-17-12-6-2-1-3-7-12/h1-3,6-7H,4-5,8-11H2,(H,14,16). The van der Waals surface area contributed by atoms with Gasteiger partial charge in [-0.05, 0) is 25.0 Å². The molecule has 4 heteroatoms. The van der Waals surface area contributed by atoms with Crippen molar-refractivity contribution in [3.05, 3.63) is 30.3 Å². The molecule has 4 nitrogen and oxygen atoms in total. The van der Waals surface area contributed by atoms with E-state index in [2.05, 4.69) is 5.32 Å². The van der Waals surface area contributed by atoms with Crippen LogP contribution in [0.5, 0.6) is 5.75 Å². The van der Waals surface area contributed by atoms with Crippen LogP contribution in [0, 0.1) is 0 Å². The van der Waals surface area contributed by atoms with Crippen LogP contribution in [0.3, 0.4) is 0 Å². The largest absolute Gasteiger partial charge is 0.494 e. The molecule has 0 bridgehead atoms. The summed E-state index contributed by atoms with van der Waals surface area (Å²) >= 11 is 0. The highest BCUT2D eigenvalue weighted by molar-refractivity contribution is 5.74. The molecule has 2 rings (SSSR count). The second-order valence-electron chi connectivity index (χ2n) is 4.09. The van der Waals surface area contributed by atoms with Gasteiger partial charge in [-0.1, -0.05) is 18.2 Å². The van der Waals surface area contributed by atoms with Crippen molar-refractivity contribution >= 4 is 6.03 Å². The fourth-order valence-electron chi connectivity index (χ4n) is 1.85. The first-order chi connectivity index (χ1) is 8.36. The number of para-hydroxylation sites is 1. The normalized spacial score (nSPS) is 15.5. The quantitative estimate of drug-likeness (QED) is 0.790. The second kappa shape index (κ2) is 6.13. The summed E-state index contributed by atoms with van der Waals surface area (Å²) < 4.78 is 5.57.